The Morgan fingerprint density at radius 1 is 1.19 bits per heavy atom. The lowest BCUT2D eigenvalue weighted by molar-refractivity contribution is -0.130. The van der Waals surface area contributed by atoms with Crippen molar-refractivity contribution in [3.8, 4) is 5.75 Å². The summed E-state index contributed by atoms with van der Waals surface area (Å²) in [5, 5.41) is 2.79. The predicted octanol–water partition coefficient (Wildman–Crippen LogP) is 1.92. The normalized spacial score (nSPS) is 17.0. The molecule has 1 saturated heterocycles. The van der Waals surface area contributed by atoms with Gasteiger partial charge < -0.3 is 19.7 Å². The van der Waals surface area contributed by atoms with E-state index in [1.807, 2.05) is 61.5 Å². The van der Waals surface area contributed by atoms with Gasteiger partial charge in [-0.2, -0.15) is 0 Å². The van der Waals surface area contributed by atoms with E-state index in [-0.39, 0.29) is 31.1 Å². The summed E-state index contributed by atoms with van der Waals surface area (Å²) in [5.74, 6) is 0.347. The van der Waals surface area contributed by atoms with Crippen molar-refractivity contribution in [2.45, 2.75) is 13.0 Å². The molecule has 0 bridgehead atoms. The number of para-hydroxylation sites is 1. The number of anilines is 1. The number of hydrogen-bond donors (Lipinski definition) is 1. The number of amides is 2. The lowest BCUT2D eigenvalue weighted by Crippen LogP contribution is -2.51. The van der Waals surface area contributed by atoms with Crippen molar-refractivity contribution in [1.82, 2.24) is 5.32 Å². The minimum Gasteiger partial charge on any atom is -0.484 e. The molecule has 0 radical (unpaired) electrons. The molecule has 136 valence electrons. The molecule has 2 aromatic rings. The summed E-state index contributed by atoms with van der Waals surface area (Å²) < 4.78 is 11.0. The maximum absolute atomic E-state index is 12.1. The Labute approximate surface area is 152 Å². The predicted molar refractivity (Wildman–Crippen MR) is 98.2 cm³/mol. The van der Waals surface area contributed by atoms with E-state index in [1.54, 1.807) is 4.90 Å². The Bertz CT molecular complexity index is 746. The van der Waals surface area contributed by atoms with Crippen LogP contribution in [0.4, 0.5) is 5.69 Å². The molecule has 1 aliphatic rings. The highest BCUT2D eigenvalue weighted by Gasteiger charge is 2.27. The van der Waals surface area contributed by atoms with Gasteiger partial charge in [-0.3, -0.25) is 9.59 Å². The van der Waals surface area contributed by atoms with Crippen molar-refractivity contribution < 1.29 is 19.1 Å². The molecule has 1 atom stereocenters. The summed E-state index contributed by atoms with van der Waals surface area (Å²) in [6.07, 6.45) is -0.253. The third-order valence-corrected chi connectivity index (χ3v) is 4.12. The maximum Gasteiger partial charge on any atom is 0.258 e. The second-order valence-electron chi connectivity index (χ2n) is 6.18. The number of carbonyl (C=O) groups excluding carboxylic acids is 2. The monoisotopic (exact) mass is 354 g/mol. The largest absolute Gasteiger partial charge is 0.484 e. The van der Waals surface area contributed by atoms with Gasteiger partial charge in [0.15, 0.2) is 6.61 Å². The zero-order valence-electron chi connectivity index (χ0n) is 14.7. The molecule has 6 heteroatoms. The number of nitrogens with zero attached hydrogens (tertiary/aromatic N) is 1. The third kappa shape index (κ3) is 4.83. The first-order chi connectivity index (χ1) is 12.6. The average Bonchev–Trinajstić information content (AvgIpc) is 2.67. The molecule has 2 aromatic carbocycles. The summed E-state index contributed by atoms with van der Waals surface area (Å²) in [6, 6.07) is 17.0. The number of nitrogens with one attached hydrogen (secondary N) is 1. The van der Waals surface area contributed by atoms with Crippen LogP contribution in [-0.2, 0) is 14.3 Å². The smallest absolute Gasteiger partial charge is 0.258 e. The van der Waals surface area contributed by atoms with Gasteiger partial charge in [0.1, 0.15) is 12.4 Å². The molecular formula is C20H22N2O4. The maximum atomic E-state index is 12.1. The molecule has 0 aromatic heterocycles. The molecule has 2 amide bonds. The quantitative estimate of drug-likeness (QED) is 0.861. The van der Waals surface area contributed by atoms with Crippen LogP contribution >= 0.6 is 0 Å². The highest BCUT2D eigenvalue weighted by molar-refractivity contribution is 5.95. The fraction of sp³-hybridized carbons (Fsp3) is 0.300. The molecular weight excluding hydrogens is 332 g/mol. The van der Waals surface area contributed by atoms with Crippen molar-refractivity contribution in [3.63, 3.8) is 0 Å². The average molecular weight is 354 g/mol. The van der Waals surface area contributed by atoms with Gasteiger partial charge in [0, 0.05) is 12.2 Å². The Morgan fingerprint density at radius 2 is 1.92 bits per heavy atom. The number of ether oxygens (including phenoxy) is 2. The first-order valence-electron chi connectivity index (χ1n) is 8.55. The first-order valence-corrected chi connectivity index (χ1v) is 8.55. The van der Waals surface area contributed by atoms with E-state index in [0.29, 0.717) is 18.8 Å². The van der Waals surface area contributed by atoms with Gasteiger partial charge in [0.05, 0.1) is 12.6 Å². The van der Waals surface area contributed by atoms with Crippen LogP contribution in [0, 0.1) is 6.92 Å². The second-order valence-corrected chi connectivity index (χ2v) is 6.18. The third-order valence-electron chi connectivity index (χ3n) is 4.12. The summed E-state index contributed by atoms with van der Waals surface area (Å²) in [4.78, 5) is 25.7. The number of hydrogen-bond acceptors (Lipinski definition) is 4. The van der Waals surface area contributed by atoms with E-state index in [2.05, 4.69) is 5.32 Å². The van der Waals surface area contributed by atoms with Crippen molar-refractivity contribution in [1.29, 1.82) is 0 Å². The van der Waals surface area contributed by atoms with Crippen LogP contribution in [-0.4, -0.2) is 44.2 Å². The van der Waals surface area contributed by atoms with Crippen molar-refractivity contribution in [2.24, 2.45) is 0 Å². The van der Waals surface area contributed by atoms with E-state index in [0.717, 1.165) is 11.3 Å². The van der Waals surface area contributed by atoms with E-state index >= 15 is 0 Å². The van der Waals surface area contributed by atoms with Crippen molar-refractivity contribution in [2.75, 3.05) is 31.2 Å². The number of rotatable bonds is 6. The lowest BCUT2D eigenvalue weighted by Gasteiger charge is -2.32. The standard InChI is InChI=1S/C20H22N2O4/c1-15-7-9-17(10-8-15)25-13-19(23)21-11-18-12-22(20(24)14-26-18)16-5-3-2-4-6-16/h2-10,18H,11-14H2,1H3,(H,21,23). The number of benzene rings is 2. The van der Waals surface area contributed by atoms with Crippen LogP contribution < -0.4 is 15.0 Å². The van der Waals surface area contributed by atoms with E-state index in [9.17, 15) is 9.59 Å². The fourth-order valence-corrected chi connectivity index (χ4v) is 2.67. The van der Waals surface area contributed by atoms with Crippen molar-refractivity contribution >= 4 is 17.5 Å². The second kappa shape index (κ2) is 8.49. The molecule has 0 spiro atoms. The summed E-state index contributed by atoms with van der Waals surface area (Å²) in [6.45, 7) is 2.67. The Balaban J connectivity index is 1.46. The van der Waals surface area contributed by atoms with Gasteiger partial charge in [0.25, 0.3) is 11.8 Å². The highest BCUT2D eigenvalue weighted by Crippen LogP contribution is 2.17. The molecule has 1 unspecified atom stereocenters. The molecule has 0 aliphatic carbocycles. The first kappa shape index (κ1) is 17.9. The molecule has 3 rings (SSSR count). The molecule has 26 heavy (non-hydrogen) atoms. The Morgan fingerprint density at radius 3 is 2.65 bits per heavy atom. The van der Waals surface area contributed by atoms with E-state index < -0.39 is 0 Å². The van der Waals surface area contributed by atoms with Gasteiger partial charge in [-0.05, 0) is 31.2 Å². The molecule has 1 fully saturated rings. The topological polar surface area (TPSA) is 67.9 Å². The lowest BCUT2D eigenvalue weighted by atomic mass is 10.2. The summed E-state index contributed by atoms with van der Waals surface area (Å²) >= 11 is 0. The molecule has 1 heterocycles. The minimum atomic E-state index is -0.253. The summed E-state index contributed by atoms with van der Waals surface area (Å²) in [5.41, 5.74) is 1.97. The molecule has 0 saturated carbocycles. The van der Waals surface area contributed by atoms with Crippen LogP contribution in [0.25, 0.3) is 0 Å². The highest BCUT2D eigenvalue weighted by atomic mass is 16.5. The van der Waals surface area contributed by atoms with E-state index in [1.165, 1.54) is 0 Å². The van der Waals surface area contributed by atoms with Crippen LogP contribution in [0.2, 0.25) is 0 Å². The van der Waals surface area contributed by atoms with Gasteiger partial charge in [-0.25, -0.2) is 0 Å². The van der Waals surface area contributed by atoms with Crippen molar-refractivity contribution in [3.05, 3.63) is 60.2 Å². The molecule has 1 N–H and O–H groups in total. The van der Waals surface area contributed by atoms with Gasteiger partial charge in [-0.1, -0.05) is 35.9 Å². The van der Waals surface area contributed by atoms with Crippen LogP contribution in [0.5, 0.6) is 5.75 Å². The van der Waals surface area contributed by atoms with Gasteiger partial charge >= 0.3 is 0 Å². The Hall–Kier alpha value is -2.86. The van der Waals surface area contributed by atoms with Gasteiger partial charge in [0.2, 0.25) is 0 Å². The molecule has 1 aliphatic heterocycles. The minimum absolute atomic E-state index is 0.00922. The zero-order chi connectivity index (χ0) is 18.4. The fourth-order valence-electron chi connectivity index (χ4n) is 2.67. The number of aryl methyl sites for hydroxylation is 1. The van der Waals surface area contributed by atoms with E-state index in [4.69, 9.17) is 9.47 Å². The zero-order valence-corrected chi connectivity index (χ0v) is 14.7. The molecule has 6 nitrogen and oxygen atoms in total. The number of morpholine rings is 1. The Kier molecular flexibility index (Phi) is 5.86. The summed E-state index contributed by atoms with van der Waals surface area (Å²) in [7, 11) is 0. The van der Waals surface area contributed by atoms with Crippen LogP contribution in [0.3, 0.4) is 0 Å². The SMILES string of the molecule is Cc1ccc(OCC(=O)NCC2CN(c3ccccc3)C(=O)CO2)cc1. The van der Waals surface area contributed by atoms with Crippen LogP contribution in [0.1, 0.15) is 5.56 Å². The van der Waals surface area contributed by atoms with Gasteiger partial charge in [-0.15, -0.1) is 0 Å². The number of carbonyl (C=O) groups is 2. The van der Waals surface area contributed by atoms with Crippen LogP contribution in [0.15, 0.2) is 54.6 Å².